The van der Waals surface area contributed by atoms with E-state index in [0.29, 0.717) is 31.6 Å². The lowest BCUT2D eigenvalue weighted by Crippen LogP contribution is -2.61. The minimum atomic E-state index is -1.68. The van der Waals surface area contributed by atoms with Crippen LogP contribution in [0.5, 0.6) is 0 Å². The molecule has 374 valence electrons. The van der Waals surface area contributed by atoms with Gasteiger partial charge in [0.2, 0.25) is 0 Å². The summed E-state index contributed by atoms with van der Waals surface area (Å²) in [5.74, 6) is -2.61. The van der Waals surface area contributed by atoms with Crippen LogP contribution in [0.1, 0.15) is 113 Å². The molecule has 17 atom stereocenters. The highest BCUT2D eigenvalue weighted by Gasteiger charge is 2.57. The molecule has 2 aromatic rings. The van der Waals surface area contributed by atoms with Gasteiger partial charge in [-0.2, -0.15) is 0 Å². The van der Waals surface area contributed by atoms with E-state index in [1.54, 1.807) is 21.0 Å². The van der Waals surface area contributed by atoms with E-state index < -0.39 is 102 Å². The Morgan fingerprint density at radius 3 is 2.12 bits per heavy atom. The molecule has 14 heteroatoms. The van der Waals surface area contributed by atoms with Crippen molar-refractivity contribution in [1.82, 2.24) is 4.90 Å². The van der Waals surface area contributed by atoms with E-state index >= 15 is 4.79 Å². The van der Waals surface area contributed by atoms with Crippen LogP contribution >= 0.6 is 0 Å². The monoisotopic (exact) mass is 938 g/mol. The number of aliphatic hydroxyl groups is 1. The summed E-state index contributed by atoms with van der Waals surface area (Å²) >= 11 is 0. The average Bonchev–Trinajstić information content (AvgIpc) is 3.60. The van der Waals surface area contributed by atoms with Crippen molar-refractivity contribution in [2.75, 3.05) is 21.2 Å². The second-order valence-electron chi connectivity index (χ2n) is 20.5. The zero-order chi connectivity index (χ0) is 49.0. The van der Waals surface area contributed by atoms with Crippen LogP contribution in [0.2, 0.25) is 0 Å². The summed E-state index contributed by atoms with van der Waals surface area (Å²) in [7, 11) is 5.55. The van der Waals surface area contributed by atoms with E-state index in [-0.39, 0.29) is 25.2 Å². The van der Waals surface area contributed by atoms with Gasteiger partial charge in [-0.25, -0.2) is 0 Å². The number of rotatable bonds is 16. The van der Waals surface area contributed by atoms with Gasteiger partial charge >= 0.3 is 11.9 Å². The van der Waals surface area contributed by atoms with Crippen LogP contribution in [0.3, 0.4) is 0 Å². The quantitative estimate of drug-likeness (QED) is 0.163. The third kappa shape index (κ3) is 12.0. The topological polar surface area (TPSA) is 150 Å². The largest absolute Gasteiger partial charge is 0.488 e. The Kier molecular flexibility index (Phi) is 17.5. The lowest BCUT2D eigenvalue weighted by Gasteiger charge is -2.49. The van der Waals surface area contributed by atoms with E-state index in [2.05, 4.69) is 0 Å². The van der Waals surface area contributed by atoms with Crippen molar-refractivity contribution in [2.24, 2.45) is 17.8 Å². The van der Waals surface area contributed by atoms with Gasteiger partial charge in [-0.3, -0.25) is 9.59 Å². The lowest BCUT2D eigenvalue weighted by atomic mass is 9.78. The van der Waals surface area contributed by atoms with Gasteiger partial charge in [-0.15, -0.1) is 0 Å². The maximum atomic E-state index is 15.0. The highest BCUT2D eigenvalue weighted by molar-refractivity contribution is 5.73. The molecule has 0 aliphatic carbocycles. The number of cyclic esters (lactones) is 1. The number of fused-ring (bicyclic) bond motifs is 2. The van der Waals surface area contributed by atoms with Crippen LogP contribution < -0.4 is 0 Å². The van der Waals surface area contributed by atoms with Gasteiger partial charge in [-0.05, 0) is 92.1 Å². The Morgan fingerprint density at radius 2 is 1.54 bits per heavy atom. The molecule has 6 rings (SSSR count). The maximum absolute atomic E-state index is 15.0. The van der Waals surface area contributed by atoms with Crippen LogP contribution in [0.25, 0.3) is 0 Å². The van der Waals surface area contributed by atoms with Crippen LogP contribution in [0.4, 0.5) is 0 Å². The standard InChI is InChI=1S/C53H79NO13/c1-15-41(59-29-38-22-18-16-19-23-38)53(11,57)47-33(4)43-31(2)27-52(10,67-43)46(66-50-45(63-37(8)55)40(54(12)13)26-32(3)61-50)34(5)44(35(6)49(56)65-47)64-42-28-51(9,58-14)48(36(7)62-42)60-30-39-24-20-17-21-25-39/h16-25,32-36,40-42,44-48,50,57H,15,26-30H2,1-14H3/t32-,33+,34+,35-,36+,40+,41-,42?,44+,45-,46-,47-,48+,50?,51-,52-,53-/m1/s1. The third-order valence-electron chi connectivity index (χ3n) is 14.7. The van der Waals surface area contributed by atoms with Crippen LogP contribution in [-0.4, -0.2) is 127 Å². The molecule has 1 N–H and O–H groups in total. The molecule has 2 bridgehead atoms. The molecule has 67 heavy (non-hydrogen) atoms. The zero-order valence-electron chi connectivity index (χ0n) is 42.4. The first-order chi connectivity index (χ1) is 31.6. The first kappa shape index (κ1) is 52.9. The maximum Gasteiger partial charge on any atom is 0.311 e. The summed E-state index contributed by atoms with van der Waals surface area (Å²) in [5.41, 5.74) is -0.699. The number of likely N-dealkylation sites (N-methyl/N-ethyl adjacent to an activating group) is 1. The van der Waals surface area contributed by atoms with Crippen molar-refractivity contribution < 1.29 is 62.1 Å². The lowest BCUT2D eigenvalue weighted by molar-refractivity contribution is -0.321. The van der Waals surface area contributed by atoms with Crippen LogP contribution in [0, 0.1) is 17.8 Å². The number of ether oxygens (including phenoxy) is 10. The SMILES string of the molecule is CC[C@@H](OCc1ccccc1)[C@@](C)(O)[C@@H]1OC(=O)[C@H](C)[C@@H](OC2C[C@@](C)(OC)[C@@H](OCc3ccccc3)[C@H](C)O2)[C@H](C)[C@@H](OC2O[C@H](C)C[C@H](N(C)C)[C@H]2OC(C)=O)[C@@]2(C)CC(C)=C(O2)[C@@H]1C. The summed E-state index contributed by atoms with van der Waals surface area (Å²) in [4.78, 5) is 29.8. The molecular formula is C53H79NO13. The molecule has 0 aromatic heterocycles. The summed E-state index contributed by atoms with van der Waals surface area (Å²) in [6.45, 7) is 21.2. The van der Waals surface area contributed by atoms with Crippen LogP contribution in [-0.2, 0) is 70.2 Å². The molecule has 0 amide bonds. The minimum absolute atomic E-state index is 0.219. The highest BCUT2D eigenvalue weighted by atomic mass is 16.7. The zero-order valence-corrected chi connectivity index (χ0v) is 42.4. The summed E-state index contributed by atoms with van der Waals surface area (Å²) in [6.07, 6.45) is -5.63. The first-order valence-corrected chi connectivity index (χ1v) is 24.3. The molecule has 4 aliphatic heterocycles. The van der Waals surface area contributed by atoms with Crippen molar-refractivity contribution in [3.05, 3.63) is 83.1 Å². The van der Waals surface area contributed by atoms with Gasteiger partial charge in [0.15, 0.2) is 18.7 Å². The van der Waals surface area contributed by atoms with Gasteiger partial charge in [0.05, 0.1) is 61.1 Å². The van der Waals surface area contributed by atoms with Crippen molar-refractivity contribution in [3.8, 4) is 0 Å². The molecule has 2 unspecified atom stereocenters. The van der Waals surface area contributed by atoms with E-state index in [1.165, 1.54) is 6.92 Å². The Hall–Kier alpha value is -3.44. The smallest absolute Gasteiger partial charge is 0.311 e. The van der Waals surface area contributed by atoms with E-state index in [4.69, 9.17) is 47.4 Å². The Morgan fingerprint density at radius 1 is 0.910 bits per heavy atom. The molecule has 14 nitrogen and oxygen atoms in total. The Balaban J connectivity index is 1.40. The molecule has 3 saturated heterocycles. The highest BCUT2D eigenvalue weighted by Crippen LogP contribution is 2.49. The van der Waals surface area contributed by atoms with Gasteiger partial charge in [0.1, 0.15) is 35.3 Å². The Labute approximate surface area is 399 Å². The second kappa shape index (κ2) is 22.1. The van der Waals surface area contributed by atoms with Gasteiger partial charge in [0.25, 0.3) is 0 Å². The van der Waals surface area contributed by atoms with Gasteiger partial charge in [-0.1, -0.05) is 81.4 Å². The number of hydrogen-bond donors (Lipinski definition) is 1. The molecule has 4 heterocycles. The fourth-order valence-corrected chi connectivity index (χ4v) is 11.1. The minimum Gasteiger partial charge on any atom is -0.488 e. The number of nitrogens with zero attached hydrogens (tertiary/aromatic N) is 1. The van der Waals surface area contributed by atoms with Crippen molar-refractivity contribution in [3.63, 3.8) is 0 Å². The second-order valence-corrected chi connectivity index (χ2v) is 20.5. The first-order valence-electron chi connectivity index (χ1n) is 24.3. The summed E-state index contributed by atoms with van der Waals surface area (Å²) < 4.78 is 66.6. The number of carbonyl (C=O) groups excluding carboxylic acids is 2. The predicted molar refractivity (Wildman–Crippen MR) is 251 cm³/mol. The fraction of sp³-hybridized carbons (Fsp3) is 0.698. The van der Waals surface area contributed by atoms with E-state index in [0.717, 1.165) is 16.7 Å². The van der Waals surface area contributed by atoms with Crippen molar-refractivity contribution >= 4 is 11.9 Å². The molecule has 2 aromatic carbocycles. The van der Waals surface area contributed by atoms with Gasteiger partial charge in [0, 0.05) is 32.8 Å². The van der Waals surface area contributed by atoms with Crippen LogP contribution in [0.15, 0.2) is 72.0 Å². The Bertz CT molecular complexity index is 1960. The van der Waals surface area contributed by atoms with Crippen molar-refractivity contribution in [1.29, 1.82) is 0 Å². The number of benzene rings is 2. The predicted octanol–water partition coefficient (Wildman–Crippen LogP) is 7.91. The van der Waals surface area contributed by atoms with E-state index in [1.807, 2.05) is 135 Å². The van der Waals surface area contributed by atoms with E-state index in [9.17, 15) is 9.90 Å². The molecule has 4 aliphatic rings. The van der Waals surface area contributed by atoms with Crippen molar-refractivity contribution in [2.45, 2.75) is 199 Å². The molecule has 0 saturated carbocycles. The fourth-order valence-electron chi connectivity index (χ4n) is 11.1. The molecule has 0 spiro atoms. The number of methoxy groups -OCH3 is 1. The number of hydrogen-bond acceptors (Lipinski definition) is 14. The molecular weight excluding hydrogens is 859 g/mol. The number of carbonyl (C=O) groups is 2. The summed E-state index contributed by atoms with van der Waals surface area (Å²) in [6, 6.07) is 19.5. The third-order valence-corrected chi connectivity index (χ3v) is 14.7. The summed E-state index contributed by atoms with van der Waals surface area (Å²) in [5, 5.41) is 12.7. The average molecular weight is 938 g/mol. The normalized spacial score (nSPS) is 37.5. The molecule has 3 fully saturated rings. The van der Waals surface area contributed by atoms with Gasteiger partial charge < -0.3 is 57.4 Å². The number of esters is 2. The molecule has 0 radical (unpaired) electrons.